The molecule has 0 aliphatic heterocycles. The zero-order valence-electron chi connectivity index (χ0n) is 18.1. The summed E-state index contributed by atoms with van der Waals surface area (Å²) in [6.07, 6.45) is 4.20. The van der Waals surface area contributed by atoms with Crippen molar-refractivity contribution in [2.75, 3.05) is 16.8 Å². The summed E-state index contributed by atoms with van der Waals surface area (Å²) in [5.74, 6) is 0.0118. The quantitative estimate of drug-likeness (QED) is 0.357. The molecular formula is C23H27F3N2O3S2. The number of pyridine rings is 1. The van der Waals surface area contributed by atoms with Crippen LogP contribution in [0.1, 0.15) is 50.5 Å². The van der Waals surface area contributed by atoms with E-state index in [-0.39, 0.29) is 22.3 Å². The molecule has 1 N–H and O–H groups in total. The van der Waals surface area contributed by atoms with E-state index in [1.165, 1.54) is 12.8 Å². The minimum absolute atomic E-state index is 0.0844. The Morgan fingerprint density at radius 2 is 1.82 bits per heavy atom. The molecule has 0 radical (unpaired) electrons. The van der Waals surface area contributed by atoms with Gasteiger partial charge in [0.15, 0.2) is 9.84 Å². The van der Waals surface area contributed by atoms with Crippen LogP contribution in [-0.4, -0.2) is 30.8 Å². The predicted octanol–water partition coefficient (Wildman–Crippen LogP) is 5.97. The molecule has 1 aliphatic carbocycles. The van der Waals surface area contributed by atoms with Crippen molar-refractivity contribution in [2.45, 2.75) is 61.0 Å². The maximum Gasteiger partial charge on any atom is 0.416 e. The average Bonchev–Trinajstić information content (AvgIpc) is 3.03. The molecule has 33 heavy (non-hydrogen) atoms. The Morgan fingerprint density at radius 1 is 1.09 bits per heavy atom. The van der Waals surface area contributed by atoms with Gasteiger partial charge in [-0.1, -0.05) is 31.7 Å². The Balaban J connectivity index is 1.59. The van der Waals surface area contributed by atoms with Gasteiger partial charge in [-0.05, 0) is 49.1 Å². The third-order valence-electron chi connectivity index (χ3n) is 5.61. The molecule has 1 amide bonds. The summed E-state index contributed by atoms with van der Waals surface area (Å²) in [6, 6.07) is 7.14. The van der Waals surface area contributed by atoms with E-state index in [9.17, 15) is 26.4 Å². The number of sulfone groups is 1. The second kappa shape index (κ2) is 11.4. The van der Waals surface area contributed by atoms with Crippen molar-refractivity contribution in [1.82, 2.24) is 4.98 Å². The van der Waals surface area contributed by atoms with Gasteiger partial charge in [0.25, 0.3) is 0 Å². The number of hydrogen-bond donors (Lipinski definition) is 1. The molecule has 0 unspecified atom stereocenters. The maximum absolute atomic E-state index is 12.9. The zero-order chi connectivity index (χ0) is 23.9. The summed E-state index contributed by atoms with van der Waals surface area (Å²) in [4.78, 5) is 16.4. The lowest BCUT2D eigenvalue weighted by Crippen LogP contribution is -2.17. The van der Waals surface area contributed by atoms with Crippen LogP contribution >= 0.6 is 11.8 Å². The van der Waals surface area contributed by atoms with Gasteiger partial charge in [0.05, 0.1) is 21.9 Å². The number of hydrogen-bond acceptors (Lipinski definition) is 5. The van der Waals surface area contributed by atoms with Gasteiger partial charge in [-0.15, -0.1) is 11.8 Å². The Labute approximate surface area is 196 Å². The number of amides is 1. The van der Waals surface area contributed by atoms with E-state index in [0.717, 1.165) is 55.6 Å². The van der Waals surface area contributed by atoms with Gasteiger partial charge in [0, 0.05) is 18.4 Å². The first-order chi connectivity index (χ1) is 15.6. The van der Waals surface area contributed by atoms with Crippen molar-refractivity contribution in [3.8, 4) is 0 Å². The van der Waals surface area contributed by atoms with Crippen LogP contribution in [0, 0.1) is 5.92 Å². The second-order valence-electron chi connectivity index (χ2n) is 8.16. The third-order valence-corrected chi connectivity index (χ3v) is 8.58. The minimum Gasteiger partial charge on any atom is -0.324 e. The summed E-state index contributed by atoms with van der Waals surface area (Å²) < 4.78 is 63.8. The molecular weight excluding hydrogens is 473 g/mol. The molecule has 0 saturated heterocycles. The van der Waals surface area contributed by atoms with Crippen LogP contribution in [0.15, 0.2) is 52.5 Å². The van der Waals surface area contributed by atoms with E-state index in [1.807, 2.05) is 0 Å². The first kappa shape index (κ1) is 25.6. The first-order valence-electron chi connectivity index (χ1n) is 10.9. The van der Waals surface area contributed by atoms with Gasteiger partial charge in [-0.2, -0.15) is 13.2 Å². The summed E-state index contributed by atoms with van der Waals surface area (Å²) >= 11 is 1.14. The van der Waals surface area contributed by atoms with Crippen LogP contribution in [0.5, 0.6) is 0 Å². The molecule has 0 atom stereocenters. The number of halogens is 3. The van der Waals surface area contributed by atoms with Gasteiger partial charge in [0.1, 0.15) is 5.03 Å². The fourth-order valence-corrected chi connectivity index (χ4v) is 6.51. The van der Waals surface area contributed by atoms with Crippen LogP contribution in [-0.2, 0) is 20.8 Å². The number of rotatable bonds is 8. The lowest BCUT2D eigenvalue weighted by atomic mass is 9.96. The Morgan fingerprint density at radius 3 is 2.52 bits per heavy atom. The fraction of sp³-hybridized carbons (Fsp3) is 0.478. The third kappa shape index (κ3) is 7.74. The molecule has 1 saturated carbocycles. The van der Waals surface area contributed by atoms with Crippen molar-refractivity contribution in [2.24, 2.45) is 5.92 Å². The van der Waals surface area contributed by atoms with Crippen molar-refractivity contribution >= 4 is 33.2 Å². The number of carbonyl (C=O) groups is 1. The molecule has 1 fully saturated rings. The lowest BCUT2D eigenvalue weighted by Gasteiger charge is -2.15. The van der Waals surface area contributed by atoms with Crippen LogP contribution < -0.4 is 5.32 Å². The highest BCUT2D eigenvalue weighted by molar-refractivity contribution is 8.00. The smallest absolute Gasteiger partial charge is 0.324 e. The van der Waals surface area contributed by atoms with E-state index in [0.29, 0.717) is 29.1 Å². The molecule has 10 heteroatoms. The maximum atomic E-state index is 12.9. The number of carbonyl (C=O) groups excluding carboxylic acids is 1. The van der Waals surface area contributed by atoms with Gasteiger partial charge in [-0.3, -0.25) is 4.79 Å². The standard InChI is InChI=1S/C23H27F3N2O3S2/c24-23(25,26)18-9-5-10-19(16-18)33(30,31)14-13-32-22-20(11-6-12-27-22)28-21(29)15-17-7-3-1-2-4-8-17/h5-6,9-12,16-17H,1-4,7-8,13-15H2,(H,28,29). The second-order valence-corrected chi connectivity index (χ2v) is 11.4. The van der Waals surface area contributed by atoms with Gasteiger partial charge < -0.3 is 5.32 Å². The highest BCUT2D eigenvalue weighted by Crippen LogP contribution is 2.31. The molecule has 180 valence electrons. The monoisotopic (exact) mass is 500 g/mol. The van der Waals surface area contributed by atoms with Gasteiger partial charge in [0.2, 0.25) is 5.91 Å². The molecule has 3 rings (SSSR count). The normalized spacial score (nSPS) is 15.7. The number of nitrogens with zero attached hydrogens (tertiary/aromatic N) is 1. The average molecular weight is 501 g/mol. The zero-order valence-corrected chi connectivity index (χ0v) is 19.7. The van der Waals surface area contributed by atoms with Crippen LogP contribution in [0.4, 0.5) is 18.9 Å². The van der Waals surface area contributed by atoms with Crippen molar-refractivity contribution < 1.29 is 26.4 Å². The summed E-state index contributed by atoms with van der Waals surface area (Å²) in [6.45, 7) is 0. The van der Waals surface area contributed by atoms with Crippen molar-refractivity contribution in [3.63, 3.8) is 0 Å². The molecule has 5 nitrogen and oxygen atoms in total. The van der Waals surface area contributed by atoms with Crippen LogP contribution in [0.2, 0.25) is 0 Å². The summed E-state index contributed by atoms with van der Waals surface area (Å²) in [7, 11) is -3.91. The number of alkyl halides is 3. The number of benzene rings is 1. The van der Waals surface area contributed by atoms with Crippen LogP contribution in [0.25, 0.3) is 0 Å². The topological polar surface area (TPSA) is 76.1 Å². The van der Waals surface area contributed by atoms with Crippen molar-refractivity contribution in [1.29, 1.82) is 0 Å². The largest absolute Gasteiger partial charge is 0.416 e. The molecule has 0 spiro atoms. The molecule has 1 heterocycles. The number of thioether (sulfide) groups is 1. The Bertz CT molecular complexity index is 1050. The highest BCUT2D eigenvalue weighted by atomic mass is 32.2. The molecule has 1 aromatic heterocycles. The van der Waals surface area contributed by atoms with E-state index in [2.05, 4.69) is 10.3 Å². The van der Waals surface area contributed by atoms with Crippen LogP contribution in [0.3, 0.4) is 0 Å². The first-order valence-corrected chi connectivity index (χ1v) is 13.6. The summed E-state index contributed by atoms with van der Waals surface area (Å²) in [5, 5.41) is 3.36. The van der Waals surface area contributed by atoms with Crippen molar-refractivity contribution in [3.05, 3.63) is 48.2 Å². The number of anilines is 1. The molecule has 1 aromatic carbocycles. The SMILES string of the molecule is O=C(CC1CCCCCC1)Nc1cccnc1SCCS(=O)(=O)c1cccc(C(F)(F)F)c1. The predicted molar refractivity (Wildman–Crippen MR) is 123 cm³/mol. The van der Waals surface area contributed by atoms with E-state index in [1.54, 1.807) is 18.3 Å². The molecule has 2 aromatic rings. The summed E-state index contributed by atoms with van der Waals surface area (Å²) in [5.41, 5.74) is -0.489. The van der Waals surface area contributed by atoms with E-state index < -0.39 is 21.6 Å². The Hall–Kier alpha value is -2.07. The Kier molecular flexibility index (Phi) is 8.81. The molecule has 0 bridgehead atoms. The number of aromatic nitrogens is 1. The molecule has 1 aliphatic rings. The van der Waals surface area contributed by atoms with Gasteiger partial charge >= 0.3 is 6.18 Å². The highest BCUT2D eigenvalue weighted by Gasteiger charge is 2.31. The fourth-order valence-electron chi connectivity index (χ4n) is 3.86. The number of nitrogens with one attached hydrogen (secondary N) is 1. The van der Waals surface area contributed by atoms with E-state index >= 15 is 0 Å². The minimum atomic E-state index is -4.61. The lowest BCUT2D eigenvalue weighted by molar-refractivity contribution is -0.137. The van der Waals surface area contributed by atoms with Gasteiger partial charge in [-0.25, -0.2) is 13.4 Å². The van der Waals surface area contributed by atoms with E-state index in [4.69, 9.17) is 0 Å².